The van der Waals surface area contributed by atoms with Gasteiger partial charge < -0.3 is 15.4 Å². The number of rotatable bonds is 6. The maximum absolute atomic E-state index is 12.6. The second kappa shape index (κ2) is 6.97. The first-order valence-corrected chi connectivity index (χ1v) is 8.33. The minimum Gasteiger partial charge on any atom is -0.496 e. The van der Waals surface area contributed by atoms with Gasteiger partial charge in [0, 0.05) is 17.8 Å². The van der Waals surface area contributed by atoms with E-state index in [1.54, 1.807) is 7.11 Å². The van der Waals surface area contributed by atoms with Gasteiger partial charge in [0.2, 0.25) is 11.8 Å². The molecule has 2 aromatic rings. The summed E-state index contributed by atoms with van der Waals surface area (Å²) >= 11 is 0. The molecule has 2 N–H and O–H groups in total. The first-order valence-electron chi connectivity index (χ1n) is 8.33. The second-order valence-electron chi connectivity index (χ2n) is 6.40. The monoisotopic (exact) mass is 338 g/mol. The molecule has 2 amide bonds. The number of amides is 2. The van der Waals surface area contributed by atoms with E-state index in [1.165, 1.54) is 0 Å². The Balaban J connectivity index is 1.62. The van der Waals surface area contributed by atoms with Crippen molar-refractivity contribution >= 4 is 17.5 Å². The number of carbonyl (C=O) groups is 2. The van der Waals surface area contributed by atoms with Crippen molar-refractivity contribution in [1.29, 1.82) is 0 Å². The summed E-state index contributed by atoms with van der Waals surface area (Å²) in [5.41, 5.74) is 1.76. The number of hydrogen-bond acceptors (Lipinski definition) is 3. The van der Waals surface area contributed by atoms with Gasteiger partial charge >= 0.3 is 0 Å². The van der Waals surface area contributed by atoms with E-state index >= 15 is 0 Å². The van der Waals surface area contributed by atoms with Crippen LogP contribution >= 0.6 is 0 Å². The van der Waals surface area contributed by atoms with E-state index in [-0.39, 0.29) is 11.8 Å². The van der Waals surface area contributed by atoms with Gasteiger partial charge in [-0.25, -0.2) is 0 Å². The van der Waals surface area contributed by atoms with Gasteiger partial charge in [0.25, 0.3) is 0 Å². The van der Waals surface area contributed by atoms with Crippen molar-refractivity contribution in [2.24, 2.45) is 5.41 Å². The molecule has 3 rings (SSSR count). The van der Waals surface area contributed by atoms with E-state index in [2.05, 4.69) is 10.6 Å². The molecule has 0 spiro atoms. The fourth-order valence-electron chi connectivity index (χ4n) is 2.76. The fourth-order valence-corrected chi connectivity index (χ4v) is 2.76. The lowest BCUT2D eigenvalue weighted by molar-refractivity contribution is -0.134. The zero-order valence-corrected chi connectivity index (χ0v) is 14.5. The number of benzene rings is 2. The number of nitrogens with one attached hydrogen (secondary N) is 2. The summed E-state index contributed by atoms with van der Waals surface area (Å²) in [7, 11) is 1.60. The summed E-state index contributed by atoms with van der Waals surface area (Å²) in [5.74, 6) is 0.244. The highest BCUT2D eigenvalue weighted by Gasteiger charge is 2.56. The molecule has 130 valence electrons. The Morgan fingerprint density at radius 2 is 1.72 bits per heavy atom. The number of anilines is 1. The summed E-state index contributed by atoms with van der Waals surface area (Å²) < 4.78 is 5.28. The lowest BCUT2D eigenvalue weighted by atomic mass is 10.0. The molecule has 0 aromatic heterocycles. The van der Waals surface area contributed by atoms with E-state index in [0.29, 0.717) is 25.1 Å². The van der Waals surface area contributed by atoms with Crippen LogP contribution in [0.15, 0.2) is 48.5 Å². The van der Waals surface area contributed by atoms with Crippen LogP contribution in [0.4, 0.5) is 5.69 Å². The maximum atomic E-state index is 12.6. The maximum Gasteiger partial charge on any atom is 0.240 e. The van der Waals surface area contributed by atoms with Crippen LogP contribution in [0.3, 0.4) is 0 Å². The highest BCUT2D eigenvalue weighted by Crippen LogP contribution is 2.47. The molecule has 0 atom stereocenters. The number of ether oxygens (including phenoxy) is 1. The van der Waals surface area contributed by atoms with Crippen molar-refractivity contribution in [3.8, 4) is 5.75 Å². The van der Waals surface area contributed by atoms with Gasteiger partial charge in [-0.1, -0.05) is 35.9 Å². The molecule has 1 aliphatic carbocycles. The topological polar surface area (TPSA) is 67.4 Å². The van der Waals surface area contributed by atoms with Crippen molar-refractivity contribution in [2.75, 3.05) is 12.4 Å². The summed E-state index contributed by atoms with van der Waals surface area (Å²) in [6, 6.07) is 15.0. The molecule has 0 bridgehead atoms. The molecule has 1 fully saturated rings. The van der Waals surface area contributed by atoms with Gasteiger partial charge in [0.1, 0.15) is 11.2 Å². The third-order valence-electron chi connectivity index (χ3n) is 4.56. The summed E-state index contributed by atoms with van der Waals surface area (Å²) in [6.45, 7) is 2.32. The van der Waals surface area contributed by atoms with Crippen LogP contribution in [0, 0.1) is 12.3 Å². The van der Waals surface area contributed by atoms with E-state index < -0.39 is 5.41 Å². The van der Waals surface area contributed by atoms with Crippen LogP contribution in [-0.2, 0) is 16.1 Å². The molecule has 2 aromatic carbocycles. The Kier molecular flexibility index (Phi) is 4.74. The fraction of sp³-hybridized carbons (Fsp3) is 0.300. The van der Waals surface area contributed by atoms with Crippen LogP contribution in [0.25, 0.3) is 0 Å². The summed E-state index contributed by atoms with van der Waals surface area (Å²) in [6.07, 6.45) is 1.14. The molecule has 1 saturated carbocycles. The summed E-state index contributed by atoms with van der Waals surface area (Å²) in [5, 5.41) is 5.72. The number of methoxy groups -OCH3 is 1. The lowest BCUT2D eigenvalue weighted by Crippen LogP contribution is -2.39. The number of carbonyl (C=O) groups excluding carboxylic acids is 2. The number of hydrogen-bond donors (Lipinski definition) is 2. The minimum atomic E-state index is -0.951. The molecule has 25 heavy (non-hydrogen) atoms. The van der Waals surface area contributed by atoms with Crippen molar-refractivity contribution in [3.63, 3.8) is 0 Å². The van der Waals surface area contributed by atoms with E-state index in [4.69, 9.17) is 4.74 Å². The molecule has 0 heterocycles. The molecule has 5 nitrogen and oxygen atoms in total. The SMILES string of the molecule is COc1ccccc1CNC(=O)C1(C(=O)Nc2ccc(C)cc2)CC1. The molecule has 1 aliphatic rings. The molecule has 0 saturated heterocycles. The van der Waals surface area contributed by atoms with E-state index in [0.717, 1.165) is 16.9 Å². The number of aryl methyl sites for hydroxylation is 1. The molecular weight excluding hydrogens is 316 g/mol. The Morgan fingerprint density at radius 3 is 2.36 bits per heavy atom. The Labute approximate surface area is 147 Å². The molecule has 0 aliphatic heterocycles. The zero-order chi connectivity index (χ0) is 17.9. The highest BCUT2D eigenvalue weighted by molar-refractivity contribution is 6.13. The third-order valence-corrected chi connectivity index (χ3v) is 4.56. The quantitative estimate of drug-likeness (QED) is 0.796. The first kappa shape index (κ1) is 17.0. The Morgan fingerprint density at radius 1 is 1.04 bits per heavy atom. The minimum absolute atomic E-state index is 0.233. The van der Waals surface area contributed by atoms with Crippen LogP contribution in [-0.4, -0.2) is 18.9 Å². The average molecular weight is 338 g/mol. The highest BCUT2D eigenvalue weighted by atomic mass is 16.5. The lowest BCUT2D eigenvalue weighted by Gasteiger charge is -2.16. The van der Waals surface area contributed by atoms with Gasteiger partial charge in [0.15, 0.2) is 0 Å². The predicted octanol–water partition coefficient (Wildman–Crippen LogP) is 3.04. The summed E-state index contributed by atoms with van der Waals surface area (Å²) in [4.78, 5) is 25.1. The first-order chi connectivity index (χ1) is 12.0. The molecule has 5 heteroatoms. The van der Waals surface area contributed by atoms with Crippen molar-refractivity contribution in [3.05, 3.63) is 59.7 Å². The van der Waals surface area contributed by atoms with Crippen LogP contribution < -0.4 is 15.4 Å². The van der Waals surface area contributed by atoms with Crippen molar-refractivity contribution in [1.82, 2.24) is 5.32 Å². The van der Waals surface area contributed by atoms with Crippen LogP contribution in [0.5, 0.6) is 5.75 Å². The Hall–Kier alpha value is -2.82. The van der Waals surface area contributed by atoms with Crippen molar-refractivity contribution < 1.29 is 14.3 Å². The van der Waals surface area contributed by atoms with Crippen molar-refractivity contribution in [2.45, 2.75) is 26.3 Å². The average Bonchev–Trinajstić information content (AvgIpc) is 3.44. The standard InChI is InChI=1S/C20H22N2O3/c1-14-7-9-16(10-8-14)22-19(24)20(11-12-20)18(23)21-13-15-5-3-4-6-17(15)25-2/h3-10H,11-13H2,1-2H3,(H,21,23)(H,22,24). The smallest absolute Gasteiger partial charge is 0.240 e. The van der Waals surface area contributed by atoms with E-state index in [1.807, 2.05) is 55.5 Å². The third kappa shape index (κ3) is 3.65. The van der Waals surface area contributed by atoms with E-state index in [9.17, 15) is 9.59 Å². The molecular formula is C20H22N2O3. The molecule has 0 unspecified atom stereocenters. The Bertz CT molecular complexity index is 780. The van der Waals surface area contributed by atoms with Crippen LogP contribution in [0.1, 0.15) is 24.0 Å². The predicted molar refractivity (Wildman–Crippen MR) is 96.3 cm³/mol. The van der Waals surface area contributed by atoms with Crippen LogP contribution in [0.2, 0.25) is 0 Å². The largest absolute Gasteiger partial charge is 0.496 e. The zero-order valence-electron chi connectivity index (χ0n) is 14.5. The second-order valence-corrected chi connectivity index (χ2v) is 6.40. The number of para-hydroxylation sites is 1. The van der Waals surface area contributed by atoms with Gasteiger partial charge in [-0.05, 0) is 38.0 Å². The van der Waals surface area contributed by atoms with Gasteiger partial charge in [0.05, 0.1) is 7.11 Å². The normalized spacial score (nSPS) is 14.5. The van der Waals surface area contributed by atoms with Gasteiger partial charge in [-0.2, -0.15) is 0 Å². The van der Waals surface area contributed by atoms with Gasteiger partial charge in [-0.3, -0.25) is 9.59 Å². The van der Waals surface area contributed by atoms with Gasteiger partial charge in [-0.15, -0.1) is 0 Å². The molecule has 0 radical (unpaired) electrons.